The minimum Gasteiger partial charge on any atom is -0.485 e. The van der Waals surface area contributed by atoms with Crippen LogP contribution in [-0.4, -0.2) is 22.9 Å². The molecule has 1 saturated carbocycles. The lowest BCUT2D eigenvalue weighted by Gasteiger charge is -2.56. The van der Waals surface area contributed by atoms with Crippen molar-refractivity contribution in [3.05, 3.63) is 41.8 Å². The summed E-state index contributed by atoms with van der Waals surface area (Å²) in [5.41, 5.74) is 5.46. The lowest BCUT2D eigenvalue weighted by Crippen LogP contribution is -2.67. The molecule has 2 aromatic rings. The number of halogens is 1. The third-order valence-electron chi connectivity index (χ3n) is 4.84. The summed E-state index contributed by atoms with van der Waals surface area (Å²) in [6, 6.07) is 5.89. The number of ether oxygens (including phenoxy) is 2. The van der Waals surface area contributed by atoms with Gasteiger partial charge in [0, 0.05) is 24.5 Å². The summed E-state index contributed by atoms with van der Waals surface area (Å²) in [5, 5.41) is 3.91. The Kier molecular flexibility index (Phi) is 4.31. The molecule has 0 spiro atoms. The summed E-state index contributed by atoms with van der Waals surface area (Å²) in [6.07, 6.45) is 0.687. The molecule has 24 heavy (non-hydrogen) atoms. The molecule has 1 aromatic carbocycles. The van der Waals surface area contributed by atoms with Crippen LogP contribution in [0.25, 0.3) is 0 Å². The highest BCUT2D eigenvalue weighted by molar-refractivity contribution is 5.23. The Hall–Kier alpha value is -1.99. The molecular weight excluding hydrogens is 313 g/mol. The summed E-state index contributed by atoms with van der Waals surface area (Å²) < 4.78 is 29.7. The van der Waals surface area contributed by atoms with Crippen molar-refractivity contribution in [2.24, 2.45) is 11.1 Å². The molecule has 0 saturated heterocycles. The molecule has 1 aliphatic carbocycles. The lowest BCUT2D eigenvalue weighted by molar-refractivity contribution is -0.162. The van der Waals surface area contributed by atoms with E-state index in [-0.39, 0.29) is 23.9 Å². The highest BCUT2D eigenvalue weighted by atomic mass is 19.1. The Morgan fingerprint density at radius 3 is 2.88 bits per heavy atom. The molecule has 7 heteroatoms. The van der Waals surface area contributed by atoms with Gasteiger partial charge in [-0.2, -0.15) is 4.98 Å². The Bertz CT molecular complexity index is 719. The van der Waals surface area contributed by atoms with Gasteiger partial charge in [0.2, 0.25) is 11.7 Å². The minimum atomic E-state index is -0.725. The molecule has 1 aromatic heterocycles. The van der Waals surface area contributed by atoms with E-state index >= 15 is 0 Å². The van der Waals surface area contributed by atoms with Crippen LogP contribution < -0.4 is 10.5 Å². The fourth-order valence-corrected chi connectivity index (χ4v) is 3.00. The van der Waals surface area contributed by atoms with Crippen molar-refractivity contribution in [2.45, 2.75) is 45.4 Å². The number of rotatable bonds is 6. The summed E-state index contributed by atoms with van der Waals surface area (Å²) in [4.78, 5) is 4.35. The minimum absolute atomic E-state index is 0.0615. The molecule has 1 aliphatic rings. The van der Waals surface area contributed by atoms with Crippen molar-refractivity contribution >= 4 is 0 Å². The Morgan fingerprint density at radius 2 is 2.21 bits per heavy atom. The van der Waals surface area contributed by atoms with Gasteiger partial charge in [0.25, 0.3) is 0 Å². The zero-order chi connectivity index (χ0) is 17.4. The molecule has 1 heterocycles. The van der Waals surface area contributed by atoms with Gasteiger partial charge in [-0.05, 0) is 19.1 Å². The molecule has 1 fully saturated rings. The normalized spacial score (nSPS) is 25.3. The Morgan fingerprint density at radius 1 is 1.42 bits per heavy atom. The zero-order valence-electron chi connectivity index (χ0n) is 14.1. The van der Waals surface area contributed by atoms with Crippen LogP contribution in [0.15, 0.2) is 28.8 Å². The molecule has 0 radical (unpaired) electrons. The summed E-state index contributed by atoms with van der Waals surface area (Å²) >= 11 is 0. The van der Waals surface area contributed by atoms with Crippen LogP contribution >= 0.6 is 0 Å². The quantitative estimate of drug-likeness (QED) is 0.874. The third kappa shape index (κ3) is 2.78. The van der Waals surface area contributed by atoms with Gasteiger partial charge in [-0.25, -0.2) is 4.39 Å². The maximum atomic E-state index is 13.1. The maximum Gasteiger partial charge on any atom is 0.247 e. The molecule has 2 atom stereocenters. The first-order valence-electron chi connectivity index (χ1n) is 7.98. The Labute approximate surface area is 140 Å². The number of nitrogens with two attached hydrogens (primary N) is 1. The fraction of sp³-hybridized carbons (Fsp3) is 0.529. The number of nitrogens with zero attached hydrogens (tertiary/aromatic N) is 2. The first-order valence-corrected chi connectivity index (χ1v) is 7.98. The van der Waals surface area contributed by atoms with E-state index in [1.165, 1.54) is 12.1 Å². The zero-order valence-corrected chi connectivity index (χ0v) is 14.1. The van der Waals surface area contributed by atoms with Gasteiger partial charge >= 0.3 is 0 Å². The van der Waals surface area contributed by atoms with Crippen molar-refractivity contribution in [1.82, 2.24) is 10.1 Å². The monoisotopic (exact) mass is 335 g/mol. The van der Waals surface area contributed by atoms with Gasteiger partial charge in [0.05, 0.1) is 6.10 Å². The van der Waals surface area contributed by atoms with Crippen LogP contribution in [0.3, 0.4) is 0 Å². The van der Waals surface area contributed by atoms with Crippen LogP contribution in [-0.2, 0) is 16.9 Å². The summed E-state index contributed by atoms with van der Waals surface area (Å²) in [6.45, 7) is 6.74. The summed E-state index contributed by atoms with van der Waals surface area (Å²) in [5.74, 6) is 0.792. The largest absolute Gasteiger partial charge is 0.485 e. The SMILES string of the molecule is CCOC1CC(N)(c2nc(COc3cccc(F)c3)no2)C1(C)C. The molecule has 6 nitrogen and oxygen atoms in total. The van der Waals surface area contributed by atoms with E-state index < -0.39 is 5.54 Å². The average Bonchev–Trinajstić information content (AvgIpc) is 3.02. The second-order valence-corrected chi connectivity index (χ2v) is 6.60. The summed E-state index contributed by atoms with van der Waals surface area (Å²) in [7, 11) is 0. The van der Waals surface area contributed by atoms with Gasteiger partial charge in [-0.15, -0.1) is 0 Å². The van der Waals surface area contributed by atoms with Crippen molar-refractivity contribution in [3.63, 3.8) is 0 Å². The van der Waals surface area contributed by atoms with E-state index in [4.69, 9.17) is 19.7 Å². The molecule has 0 aliphatic heterocycles. The van der Waals surface area contributed by atoms with E-state index in [9.17, 15) is 4.39 Å². The van der Waals surface area contributed by atoms with Crippen molar-refractivity contribution in [3.8, 4) is 5.75 Å². The molecule has 130 valence electrons. The highest BCUT2D eigenvalue weighted by Crippen LogP contribution is 2.55. The van der Waals surface area contributed by atoms with Gasteiger partial charge in [0.15, 0.2) is 6.61 Å². The van der Waals surface area contributed by atoms with Crippen LogP contribution in [0, 0.1) is 11.2 Å². The number of hydrogen-bond acceptors (Lipinski definition) is 6. The number of aromatic nitrogens is 2. The first-order chi connectivity index (χ1) is 11.4. The fourth-order valence-electron chi connectivity index (χ4n) is 3.00. The van der Waals surface area contributed by atoms with Crippen molar-refractivity contribution < 1.29 is 18.4 Å². The van der Waals surface area contributed by atoms with Crippen LogP contribution in [0.5, 0.6) is 5.75 Å². The van der Waals surface area contributed by atoms with E-state index in [1.54, 1.807) is 12.1 Å². The van der Waals surface area contributed by atoms with Gasteiger partial charge < -0.3 is 19.7 Å². The molecular formula is C17H22FN3O3. The van der Waals surface area contributed by atoms with Gasteiger partial charge in [-0.3, -0.25) is 0 Å². The van der Waals surface area contributed by atoms with Gasteiger partial charge in [0.1, 0.15) is 17.1 Å². The maximum absolute atomic E-state index is 13.1. The molecule has 3 rings (SSSR count). The van der Waals surface area contributed by atoms with E-state index in [1.807, 2.05) is 20.8 Å². The predicted molar refractivity (Wildman–Crippen MR) is 84.7 cm³/mol. The second kappa shape index (κ2) is 6.14. The molecule has 0 bridgehead atoms. The molecule has 2 unspecified atom stereocenters. The second-order valence-electron chi connectivity index (χ2n) is 6.60. The topological polar surface area (TPSA) is 83.4 Å². The molecule has 2 N–H and O–H groups in total. The smallest absolute Gasteiger partial charge is 0.247 e. The van der Waals surface area contributed by atoms with Crippen molar-refractivity contribution in [1.29, 1.82) is 0 Å². The number of hydrogen-bond donors (Lipinski definition) is 1. The average molecular weight is 335 g/mol. The number of benzene rings is 1. The standard InChI is InChI=1S/C17H22FN3O3/c1-4-22-13-9-17(19,16(13,2)3)15-20-14(21-24-15)10-23-12-7-5-6-11(18)8-12/h5-8,13H,4,9-10,19H2,1-3H3. The van der Waals surface area contributed by atoms with E-state index in [0.717, 1.165) is 0 Å². The lowest BCUT2D eigenvalue weighted by atomic mass is 9.54. The Balaban J connectivity index is 1.68. The highest BCUT2D eigenvalue weighted by Gasteiger charge is 2.62. The third-order valence-corrected chi connectivity index (χ3v) is 4.84. The van der Waals surface area contributed by atoms with Crippen LogP contribution in [0.4, 0.5) is 4.39 Å². The first kappa shape index (κ1) is 16.9. The van der Waals surface area contributed by atoms with Gasteiger partial charge in [-0.1, -0.05) is 25.1 Å². The molecule has 0 amide bonds. The van der Waals surface area contributed by atoms with Crippen molar-refractivity contribution in [2.75, 3.05) is 6.61 Å². The van der Waals surface area contributed by atoms with Crippen LogP contribution in [0.2, 0.25) is 0 Å². The predicted octanol–water partition coefficient (Wildman–Crippen LogP) is 2.78. The van der Waals surface area contributed by atoms with E-state index in [0.29, 0.717) is 30.5 Å². The van der Waals surface area contributed by atoms with E-state index in [2.05, 4.69) is 10.1 Å². The van der Waals surface area contributed by atoms with Crippen LogP contribution in [0.1, 0.15) is 38.9 Å².